The van der Waals surface area contributed by atoms with Crippen molar-refractivity contribution in [3.05, 3.63) is 65.9 Å². The fourth-order valence-electron chi connectivity index (χ4n) is 2.20. The molecule has 23 heavy (non-hydrogen) atoms. The molecule has 4 aromatic rings. The number of rotatable bonds is 3. The van der Waals surface area contributed by atoms with Crippen LogP contribution in [0.3, 0.4) is 0 Å². The molecular formula is C17H10N2O3S. The summed E-state index contributed by atoms with van der Waals surface area (Å²) in [6, 6.07) is 16.6. The van der Waals surface area contributed by atoms with Gasteiger partial charge in [-0.1, -0.05) is 18.2 Å². The molecule has 4 rings (SSSR count). The Kier molecular flexibility index (Phi) is 3.36. The smallest absolute Gasteiger partial charge is 0.353 e. The predicted molar refractivity (Wildman–Crippen MR) is 86.5 cm³/mol. The zero-order valence-electron chi connectivity index (χ0n) is 11.8. The molecule has 2 aromatic heterocycles. The number of carbonyl (C=O) groups is 1. The van der Waals surface area contributed by atoms with Gasteiger partial charge in [0.15, 0.2) is 0 Å². The largest absolute Gasteiger partial charge is 0.423 e. The van der Waals surface area contributed by atoms with Crippen molar-refractivity contribution in [2.45, 2.75) is 0 Å². The lowest BCUT2D eigenvalue weighted by Gasteiger charge is -2.02. The van der Waals surface area contributed by atoms with Gasteiger partial charge in [0.1, 0.15) is 10.6 Å². The Labute approximate surface area is 135 Å². The van der Waals surface area contributed by atoms with E-state index >= 15 is 0 Å². The number of hydrogen-bond donors (Lipinski definition) is 0. The maximum absolute atomic E-state index is 12.2. The average molecular weight is 322 g/mol. The third-order valence-corrected chi connectivity index (χ3v) is 4.39. The number of ether oxygens (including phenoxy) is 1. The maximum Gasteiger partial charge on any atom is 0.353 e. The monoisotopic (exact) mass is 322 g/mol. The van der Waals surface area contributed by atoms with Crippen molar-refractivity contribution in [1.29, 1.82) is 0 Å². The first kappa shape index (κ1) is 13.7. The Morgan fingerprint density at radius 2 is 1.91 bits per heavy atom. The van der Waals surface area contributed by atoms with Gasteiger partial charge in [0, 0.05) is 10.3 Å². The topological polar surface area (TPSA) is 65.2 Å². The second-order valence-electron chi connectivity index (χ2n) is 4.81. The van der Waals surface area contributed by atoms with Crippen molar-refractivity contribution in [3.8, 4) is 17.2 Å². The first-order valence-corrected chi connectivity index (χ1v) is 7.68. The number of nitrogens with zero attached hydrogens (tertiary/aromatic N) is 2. The minimum absolute atomic E-state index is 0.364. The van der Waals surface area contributed by atoms with Gasteiger partial charge in [-0.25, -0.2) is 4.79 Å². The molecule has 0 bridgehead atoms. The van der Waals surface area contributed by atoms with Crippen LogP contribution in [0, 0.1) is 0 Å². The van der Waals surface area contributed by atoms with Crippen LogP contribution in [0.15, 0.2) is 65.4 Å². The summed E-state index contributed by atoms with van der Waals surface area (Å²) < 4.78 is 11.6. The number of carbonyl (C=O) groups excluding carboxylic acids is 1. The number of thiophene rings is 1. The van der Waals surface area contributed by atoms with Crippen molar-refractivity contribution < 1.29 is 13.9 Å². The zero-order valence-corrected chi connectivity index (χ0v) is 12.6. The molecule has 2 heterocycles. The minimum atomic E-state index is -0.364. The predicted octanol–water partition coefficient (Wildman–Crippen LogP) is 4.17. The van der Waals surface area contributed by atoms with E-state index in [1.165, 1.54) is 17.7 Å². The molecule has 0 saturated heterocycles. The molecular weight excluding hydrogens is 312 g/mol. The van der Waals surface area contributed by atoms with Crippen LogP contribution in [0.2, 0.25) is 0 Å². The quantitative estimate of drug-likeness (QED) is 0.418. The van der Waals surface area contributed by atoms with Crippen LogP contribution in [0.5, 0.6) is 5.75 Å². The van der Waals surface area contributed by atoms with Gasteiger partial charge in [0.25, 0.3) is 0 Å². The number of fused-ring (bicyclic) bond motifs is 1. The summed E-state index contributed by atoms with van der Waals surface area (Å²) in [5, 5.41) is 8.49. The Bertz CT molecular complexity index is 926. The lowest BCUT2D eigenvalue weighted by atomic mass is 10.2. The molecule has 2 aromatic carbocycles. The second-order valence-corrected chi connectivity index (χ2v) is 5.89. The number of aromatic nitrogens is 2. The van der Waals surface area contributed by atoms with E-state index in [1.54, 1.807) is 24.3 Å². The zero-order chi connectivity index (χ0) is 15.6. The third-order valence-electron chi connectivity index (χ3n) is 3.30. The first-order valence-electron chi connectivity index (χ1n) is 6.87. The maximum atomic E-state index is 12.2. The Morgan fingerprint density at radius 1 is 1.09 bits per heavy atom. The third kappa shape index (κ3) is 2.72. The van der Waals surface area contributed by atoms with E-state index in [1.807, 2.05) is 30.3 Å². The number of esters is 1. The molecule has 112 valence electrons. The van der Waals surface area contributed by atoms with Gasteiger partial charge in [-0.3, -0.25) is 0 Å². The summed E-state index contributed by atoms with van der Waals surface area (Å²) in [6.45, 7) is 0. The SMILES string of the molecule is O=C(Oc1ccc(-c2nnco2)cc1)c1cc2ccccc2s1. The van der Waals surface area contributed by atoms with Gasteiger partial charge in [-0.15, -0.1) is 21.5 Å². The minimum Gasteiger partial charge on any atom is -0.423 e. The second kappa shape index (κ2) is 5.66. The Hall–Kier alpha value is -2.99. The molecule has 0 aliphatic heterocycles. The molecule has 0 fully saturated rings. The highest BCUT2D eigenvalue weighted by atomic mass is 32.1. The fourth-order valence-corrected chi connectivity index (χ4v) is 3.14. The highest BCUT2D eigenvalue weighted by molar-refractivity contribution is 7.20. The Balaban J connectivity index is 1.54. The van der Waals surface area contributed by atoms with E-state index in [4.69, 9.17) is 9.15 Å². The van der Waals surface area contributed by atoms with E-state index < -0.39 is 0 Å². The van der Waals surface area contributed by atoms with Crippen LogP contribution in [-0.2, 0) is 0 Å². The summed E-state index contributed by atoms with van der Waals surface area (Å²) in [5.74, 6) is 0.528. The summed E-state index contributed by atoms with van der Waals surface area (Å²) in [6.07, 6.45) is 1.27. The molecule has 6 heteroatoms. The van der Waals surface area contributed by atoms with Gasteiger partial charge >= 0.3 is 5.97 Å². The molecule has 0 aliphatic rings. The Morgan fingerprint density at radius 3 is 2.65 bits per heavy atom. The van der Waals surface area contributed by atoms with Crippen LogP contribution < -0.4 is 4.74 Å². The average Bonchev–Trinajstić information content (AvgIpc) is 3.25. The first-order chi connectivity index (χ1) is 11.3. The van der Waals surface area contributed by atoms with E-state index in [2.05, 4.69) is 10.2 Å². The molecule has 0 spiro atoms. The fraction of sp³-hybridized carbons (Fsp3) is 0. The molecule has 0 aliphatic carbocycles. The molecule has 0 atom stereocenters. The van der Waals surface area contributed by atoms with Crippen molar-refractivity contribution in [2.24, 2.45) is 0 Å². The van der Waals surface area contributed by atoms with Crippen LogP contribution in [-0.4, -0.2) is 16.2 Å². The summed E-state index contributed by atoms with van der Waals surface area (Å²) >= 11 is 1.42. The standard InChI is InChI=1S/C17H10N2O3S/c20-17(15-9-12-3-1-2-4-14(12)23-15)22-13-7-5-11(6-8-13)16-19-18-10-21-16/h1-10H. The van der Waals surface area contributed by atoms with Gasteiger partial charge < -0.3 is 9.15 Å². The normalized spacial score (nSPS) is 10.8. The lowest BCUT2D eigenvalue weighted by Crippen LogP contribution is -2.06. The number of benzene rings is 2. The summed E-state index contributed by atoms with van der Waals surface area (Å²) in [4.78, 5) is 12.8. The molecule has 0 unspecified atom stereocenters. The van der Waals surface area contributed by atoms with Crippen LogP contribution in [0.25, 0.3) is 21.5 Å². The van der Waals surface area contributed by atoms with Gasteiger partial charge in [0.05, 0.1) is 0 Å². The number of hydrogen-bond acceptors (Lipinski definition) is 6. The molecule has 0 saturated carbocycles. The van der Waals surface area contributed by atoms with Crippen molar-refractivity contribution in [3.63, 3.8) is 0 Å². The molecule has 0 N–H and O–H groups in total. The summed E-state index contributed by atoms with van der Waals surface area (Å²) in [5.41, 5.74) is 0.768. The molecule has 0 radical (unpaired) electrons. The van der Waals surface area contributed by atoms with Crippen LogP contribution >= 0.6 is 11.3 Å². The molecule has 5 nitrogen and oxygen atoms in total. The van der Waals surface area contributed by atoms with Crippen molar-refractivity contribution in [2.75, 3.05) is 0 Å². The van der Waals surface area contributed by atoms with Crippen LogP contribution in [0.4, 0.5) is 0 Å². The van der Waals surface area contributed by atoms with Crippen molar-refractivity contribution in [1.82, 2.24) is 10.2 Å². The van der Waals surface area contributed by atoms with E-state index in [-0.39, 0.29) is 5.97 Å². The van der Waals surface area contributed by atoms with Gasteiger partial charge in [0.2, 0.25) is 12.3 Å². The van der Waals surface area contributed by atoms with E-state index in [9.17, 15) is 4.79 Å². The van der Waals surface area contributed by atoms with Gasteiger partial charge in [-0.2, -0.15) is 0 Å². The van der Waals surface area contributed by atoms with E-state index in [0.717, 1.165) is 15.6 Å². The van der Waals surface area contributed by atoms with Crippen LogP contribution in [0.1, 0.15) is 9.67 Å². The van der Waals surface area contributed by atoms with Crippen molar-refractivity contribution >= 4 is 27.4 Å². The molecule has 0 amide bonds. The highest BCUT2D eigenvalue weighted by Crippen LogP contribution is 2.27. The van der Waals surface area contributed by atoms with Gasteiger partial charge in [-0.05, 0) is 41.8 Å². The highest BCUT2D eigenvalue weighted by Gasteiger charge is 2.13. The summed E-state index contributed by atoms with van der Waals surface area (Å²) in [7, 11) is 0. The van der Waals surface area contributed by atoms with E-state index in [0.29, 0.717) is 16.5 Å². The lowest BCUT2D eigenvalue weighted by molar-refractivity contribution is 0.0740.